The van der Waals surface area contributed by atoms with Gasteiger partial charge in [-0.15, -0.1) is 0 Å². The molecule has 2 nitrogen and oxygen atoms in total. The van der Waals surface area contributed by atoms with E-state index in [4.69, 9.17) is 16.3 Å². The Morgan fingerprint density at radius 3 is 2.94 bits per heavy atom. The largest absolute Gasteiger partial charge is 0.378 e. The van der Waals surface area contributed by atoms with E-state index in [-0.39, 0.29) is 5.82 Å². The van der Waals surface area contributed by atoms with Crippen molar-refractivity contribution in [3.8, 4) is 0 Å². The molecule has 1 heterocycles. The van der Waals surface area contributed by atoms with Gasteiger partial charge in [-0.05, 0) is 34.1 Å². The van der Waals surface area contributed by atoms with E-state index >= 15 is 0 Å². The van der Waals surface area contributed by atoms with Crippen LogP contribution in [0.1, 0.15) is 5.69 Å². The van der Waals surface area contributed by atoms with Crippen LogP contribution in [-0.4, -0.2) is 12.1 Å². The monoisotopic (exact) mass is 303 g/mol. The van der Waals surface area contributed by atoms with Crippen LogP contribution >= 0.6 is 27.5 Å². The molecule has 0 spiro atoms. The lowest BCUT2D eigenvalue weighted by molar-refractivity contribution is 0.182. The highest BCUT2D eigenvalue weighted by Gasteiger charge is 2.11. The van der Waals surface area contributed by atoms with Crippen molar-refractivity contribution in [1.82, 2.24) is 4.98 Å². The van der Waals surface area contributed by atoms with Gasteiger partial charge in [0.25, 0.3) is 0 Å². The van der Waals surface area contributed by atoms with Crippen molar-refractivity contribution < 1.29 is 9.13 Å². The molecule has 0 saturated heterocycles. The van der Waals surface area contributed by atoms with E-state index in [0.29, 0.717) is 32.7 Å². The summed E-state index contributed by atoms with van der Waals surface area (Å²) in [5.41, 5.74) is 1.19. The second kappa shape index (κ2) is 4.65. The van der Waals surface area contributed by atoms with Crippen LogP contribution in [0.3, 0.4) is 0 Å². The maximum atomic E-state index is 13.6. The van der Waals surface area contributed by atoms with E-state index in [0.717, 1.165) is 0 Å². The van der Waals surface area contributed by atoms with Crippen molar-refractivity contribution in [2.24, 2.45) is 0 Å². The van der Waals surface area contributed by atoms with Gasteiger partial charge in [-0.3, -0.25) is 0 Å². The van der Waals surface area contributed by atoms with Gasteiger partial charge in [-0.2, -0.15) is 0 Å². The Morgan fingerprint density at radius 1 is 1.50 bits per heavy atom. The molecule has 5 heteroatoms. The summed E-state index contributed by atoms with van der Waals surface area (Å²) in [7, 11) is 1.57. The fourth-order valence-corrected chi connectivity index (χ4v) is 2.22. The molecule has 16 heavy (non-hydrogen) atoms. The minimum atomic E-state index is -0.375. The van der Waals surface area contributed by atoms with Crippen LogP contribution in [0.15, 0.2) is 22.7 Å². The zero-order chi connectivity index (χ0) is 11.7. The Balaban J connectivity index is 2.76. The van der Waals surface area contributed by atoms with E-state index in [2.05, 4.69) is 20.9 Å². The first-order valence-corrected chi connectivity index (χ1v) is 5.72. The fraction of sp³-hybridized carbons (Fsp3) is 0.182. The van der Waals surface area contributed by atoms with Gasteiger partial charge >= 0.3 is 0 Å². The molecule has 0 aliphatic rings. The summed E-state index contributed by atoms with van der Waals surface area (Å²) in [6.45, 7) is 0.346. The van der Waals surface area contributed by atoms with Crippen molar-refractivity contribution in [1.29, 1.82) is 0 Å². The molecule has 0 radical (unpaired) electrons. The molecule has 1 aromatic heterocycles. The molecule has 0 atom stereocenters. The minimum Gasteiger partial charge on any atom is -0.378 e. The van der Waals surface area contributed by atoms with Gasteiger partial charge in [0.05, 0.1) is 28.2 Å². The Hall–Kier alpha value is -0.710. The van der Waals surface area contributed by atoms with Crippen molar-refractivity contribution >= 4 is 38.4 Å². The number of rotatable bonds is 2. The Kier molecular flexibility index (Phi) is 3.42. The van der Waals surface area contributed by atoms with Gasteiger partial charge < -0.3 is 4.74 Å². The van der Waals surface area contributed by atoms with Crippen LogP contribution in [0.25, 0.3) is 10.9 Å². The molecule has 0 unspecified atom stereocenters. The van der Waals surface area contributed by atoms with Crippen LogP contribution in [0.2, 0.25) is 5.02 Å². The summed E-state index contributed by atoms with van der Waals surface area (Å²) in [4.78, 5) is 4.29. The lowest BCUT2D eigenvalue weighted by Gasteiger charge is -2.06. The fourth-order valence-electron chi connectivity index (χ4n) is 1.49. The van der Waals surface area contributed by atoms with Crippen LogP contribution in [0, 0.1) is 5.82 Å². The number of hydrogen-bond acceptors (Lipinski definition) is 2. The molecular formula is C11H8BrClFNO. The van der Waals surface area contributed by atoms with Crippen LogP contribution in [-0.2, 0) is 11.3 Å². The molecule has 1 aromatic carbocycles. The van der Waals surface area contributed by atoms with E-state index in [1.54, 1.807) is 19.2 Å². The van der Waals surface area contributed by atoms with Gasteiger partial charge in [0.2, 0.25) is 0 Å². The number of hydrogen-bond donors (Lipinski definition) is 0. The number of benzene rings is 1. The number of halogens is 3. The zero-order valence-electron chi connectivity index (χ0n) is 8.43. The van der Waals surface area contributed by atoms with Crippen LogP contribution in [0.5, 0.6) is 0 Å². The van der Waals surface area contributed by atoms with Crippen molar-refractivity contribution in [3.05, 3.63) is 39.2 Å². The number of methoxy groups -OCH3 is 1. The van der Waals surface area contributed by atoms with Crippen molar-refractivity contribution in [2.45, 2.75) is 6.61 Å². The lowest BCUT2D eigenvalue weighted by atomic mass is 10.2. The molecule has 0 aliphatic heterocycles. The standard InChI is InChI=1S/C11H8BrClFNO/c1-16-5-6-4-8(13)10-9(14)3-2-7(12)11(10)15-6/h2-4H,5H2,1H3. The number of aromatic nitrogens is 1. The van der Waals surface area contributed by atoms with E-state index < -0.39 is 0 Å². The van der Waals surface area contributed by atoms with E-state index in [9.17, 15) is 4.39 Å². The van der Waals surface area contributed by atoms with Gasteiger partial charge in [0.1, 0.15) is 5.82 Å². The average Bonchev–Trinajstić information content (AvgIpc) is 2.23. The third kappa shape index (κ3) is 2.05. The topological polar surface area (TPSA) is 22.1 Å². The summed E-state index contributed by atoms with van der Waals surface area (Å²) >= 11 is 9.34. The summed E-state index contributed by atoms with van der Waals surface area (Å²) < 4.78 is 19.3. The average molecular weight is 305 g/mol. The molecule has 0 saturated carbocycles. The summed E-state index contributed by atoms with van der Waals surface area (Å²) in [6, 6.07) is 4.58. The highest BCUT2D eigenvalue weighted by Crippen LogP contribution is 2.30. The third-order valence-electron chi connectivity index (χ3n) is 2.16. The molecular weight excluding hydrogens is 296 g/mol. The van der Waals surface area contributed by atoms with E-state index in [1.807, 2.05) is 0 Å². The zero-order valence-corrected chi connectivity index (χ0v) is 10.8. The maximum Gasteiger partial charge on any atom is 0.134 e. The first-order valence-electron chi connectivity index (χ1n) is 4.55. The number of fused-ring (bicyclic) bond motifs is 1. The van der Waals surface area contributed by atoms with Gasteiger partial charge in [-0.1, -0.05) is 11.6 Å². The molecule has 0 aliphatic carbocycles. The Bertz CT molecular complexity index is 547. The molecule has 0 N–H and O–H groups in total. The van der Waals surface area contributed by atoms with Gasteiger partial charge in [-0.25, -0.2) is 9.37 Å². The second-order valence-electron chi connectivity index (χ2n) is 3.28. The quantitative estimate of drug-likeness (QED) is 0.838. The summed E-state index contributed by atoms with van der Waals surface area (Å²) in [5, 5.41) is 0.673. The normalized spacial score (nSPS) is 11.0. The molecule has 0 fully saturated rings. The number of ether oxygens (including phenoxy) is 1. The van der Waals surface area contributed by atoms with Crippen LogP contribution in [0.4, 0.5) is 4.39 Å². The predicted octanol–water partition coefficient (Wildman–Crippen LogP) is 3.94. The Labute approximate surface area is 106 Å². The maximum absolute atomic E-state index is 13.6. The smallest absolute Gasteiger partial charge is 0.134 e. The molecule has 2 rings (SSSR count). The SMILES string of the molecule is COCc1cc(Cl)c2c(F)ccc(Br)c2n1. The molecule has 0 amide bonds. The number of nitrogens with zero attached hydrogens (tertiary/aromatic N) is 1. The highest BCUT2D eigenvalue weighted by atomic mass is 79.9. The highest BCUT2D eigenvalue weighted by molar-refractivity contribution is 9.10. The predicted molar refractivity (Wildman–Crippen MR) is 65.1 cm³/mol. The summed E-state index contributed by atoms with van der Waals surface area (Å²) in [6.07, 6.45) is 0. The van der Waals surface area contributed by atoms with Crippen molar-refractivity contribution in [2.75, 3.05) is 7.11 Å². The molecule has 0 bridgehead atoms. The lowest BCUT2D eigenvalue weighted by Crippen LogP contribution is -1.95. The van der Waals surface area contributed by atoms with Crippen LogP contribution < -0.4 is 0 Å². The molecule has 2 aromatic rings. The minimum absolute atomic E-state index is 0.330. The first kappa shape index (κ1) is 11.8. The second-order valence-corrected chi connectivity index (χ2v) is 4.54. The summed E-state index contributed by atoms with van der Waals surface area (Å²) in [5.74, 6) is -0.375. The number of pyridine rings is 1. The van der Waals surface area contributed by atoms with E-state index in [1.165, 1.54) is 6.07 Å². The van der Waals surface area contributed by atoms with Gasteiger partial charge in [0.15, 0.2) is 0 Å². The first-order chi connectivity index (χ1) is 7.63. The third-order valence-corrected chi connectivity index (χ3v) is 3.10. The van der Waals surface area contributed by atoms with Crippen molar-refractivity contribution in [3.63, 3.8) is 0 Å². The molecule has 84 valence electrons. The Morgan fingerprint density at radius 2 is 2.25 bits per heavy atom. The van der Waals surface area contributed by atoms with Gasteiger partial charge in [0, 0.05) is 11.6 Å².